The molecule has 0 spiro atoms. The zero-order valence-corrected chi connectivity index (χ0v) is 10.7. The van der Waals surface area contributed by atoms with E-state index in [1.54, 1.807) is 0 Å². The normalized spacial score (nSPS) is 11.7. The Kier molecular flexibility index (Phi) is 4.46. The molecule has 7 heteroatoms. The van der Waals surface area contributed by atoms with Gasteiger partial charge in [-0.2, -0.15) is 0 Å². The quantitative estimate of drug-likeness (QED) is 0.718. The van der Waals surface area contributed by atoms with Gasteiger partial charge in [0.25, 0.3) is 0 Å². The number of methoxy groups -OCH3 is 1. The Hall–Kier alpha value is -1.86. The van der Waals surface area contributed by atoms with Crippen molar-refractivity contribution in [3.63, 3.8) is 0 Å². The number of carbonyl (C=O) groups is 1. The van der Waals surface area contributed by atoms with Gasteiger partial charge in [0, 0.05) is 0 Å². The van der Waals surface area contributed by atoms with Gasteiger partial charge in [-0.1, -0.05) is 12.1 Å². The lowest BCUT2D eigenvalue weighted by atomic mass is 10.2. The number of nitrogens with one attached hydrogen (secondary N) is 1. The number of ether oxygens (including phenoxy) is 1. The highest BCUT2D eigenvalue weighted by molar-refractivity contribution is 7.89. The highest BCUT2D eigenvalue weighted by Crippen LogP contribution is 2.25. The van der Waals surface area contributed by atoms with Gasteiger partial charge in [0.15, 0.2) is 0 Å². The van der Waals surface area contributed by atoms with Crippen LogP contribution in [0.2, 0.25) is 0 Å². The number of aliphatic carboxylic acids is 1. The molecule has 6 nitrogen and oxygen atoms in total. The number of carboxylic acid groups (broad SMARTS) is 1. The van der Waals surface area contributed by atoms with E-state index in [0.717, 1.165) is 6.08 Å². The lowest BCUT2D eigenvalue weighted by molar-refractivity contribution is -0.297. The number of carbonyl (C=O) groups excluding carboxylic acids is 1. The average Bonchev–Trinajstić information content (AvgIpc) is 2.36. The first kappa shape index (κ1) is 14.2. The summed E-state index contributed by atoms with van der Waals surface area (Å²) in [5, 5.41) is 10.3. The summed E-state index contributed by atoms with van der Waals surface area (Å²) < 4.78 is 30.6. The van der Waals surface area contributed by atoms with E-state index in [-0.39, 0.29) is 10.6 Å². The van der Waals surface area contributed by atoms with Crippen LogP contribution in [-0.4, -0.2) is 28.5 Å². The molecule has 0 heterocycles. The third-order valence-electron chi connectivity index (χ3n) is 2.16. The van der Waals surface area contributed by atoms with Crippen LogP contribution in [0.1, 0.15) is 5.56 Å². The van der Waals surface area contributed by atoms with E-state index in [1.807, 2.05) is 0 Å². The highest BCUT2D eigenvalue weighted by Gasteiger charge is 2.17. The smallest absolute Gasteiger partial charge is 0.244 e. The van der Waals surface area contributed by atoms with Crippen LogP contribution in [-0.2, 0) is 14.8 Å². The predicted octanol–water partition coefficient (Wildman–Crippen LogP) is -0.634. The van der Waals surface area contributed by atoms with Crippen molar-refractivity contribution in [3.05, 3.63) is 29.8 Å². The summed E-state index contributed by atoms with van der Waals surface area (Å²) in [4.78, 5) is 10.2. The fourth-order valence-electron chi connectivity index (χ4n) is 1.28. The Bertz CT molecular complexity index is 577. The first-order valence-electron chi connectivity index (χ1n) is 4.91. The molecule has 0 fully saturated rings. The molecule has 0 atom stereocenters. The molecule has 0 bridgehead atoms. The minimum Gasteiger partial charge on any atom is -0.545 e. The summed E-state index contributed by atoms with van der Waals surface area (Å²) >= 11 is 0. The molecule has 0 aromatic heterocycles. The van der Waals surface area contributed by atoms with Crippen molar-refractivity contribution in [1.29, 1.82) is 0 Å². The average molecular weight is 270 g/mol. The number of carboxylic acids is 1. The van der Waals surface area contributed by atoms with Gasteiger partial charge in [0.1, 0.15) is 10.6 Å². The van der Waals surface area contributed by atoms with Crippen LogP contribution in [0.5, 0.6) is 5.75 Å². The van der Waals surface area contributed by atoms with Gasteiger partial charge in [-0.15, -0.1) is 0 Å². The van der Waals surface area contributed by atoms with E-state index in [9.17, 15) is 18.3 Å². The molecular formula is C11H12NO5S-. The maximum absolute atomic E-state index is 11.7. The second kappa shape index (κ2) is 5.65. The zero-order valence-electron chi connectivity index (χ0n) is 9.84. The van der Waals surface area contributed by atoms with Gasteiger partial charge in [-0.25, -0.2) is 13.1 Å². The molecule has 1 aromatic carbocycles. The van der Waals surface area contributed by atoms with Crippen molar-refractivity contribution in [2.45, 2.75) is 4.90 Å². The Labute approximate surface area is 105 Å². The van der Waals surface area contributed by atoms with E-state index >= 15 is 0 Å². The molecule has 1 aromatic rings. The van der Waals surface area contributed by atoms with E-state index in [2.05, 4.69) is 4.72 Å². The van der Waals surface area contributed by atoms with Crippen LogP contribution in [0.15, 0.2) is 29.2 Å². The van der Waals surface area contributed by atoms with Crippen LogP contribution in [0.3, 0.4) is 0 Å². The largest absolute Gasteiger partial charge is 0.545 e. The monoisotopic (exact) mass is 270 g/mol. The topological polar surface area (TPSA) is 95.5 Å². The van der Waals surface area contributed by atoms with Gasteiger partial charge >= 0.3 is 0 Å². The molecule has 0 unspecified atom stereocenters. The van der Waals surface area contributed by atoms with Crippen molar-refractivity contribution < 1.29 is 23.1 Å². The van der Waals surface area contributed by atoms with Crippen LogP contribution in [0, 0.1) is 0 Å². The molecule has 0 saturated heterocycles. The van der Waals surface area contributed by atoms with E-state index < -0.39 is 16.0 Å². The van der Waals surface area contributed by atoms with Crippen molar-refractivity contribution in [3.8, 4) is 5.75 Å². The van der Waals surface area contributed by atoms with E-state index in [0.29, 0.717) is 5.56 Å². The van der Waals surface area contributed by atoms with Gasteiger partial charge < -0.3 is 14.6 Å². The number of hydrogen-bond donors (Lipinski definition) is 1. The zero-order chi connectivity index (χ0) is 13.8. The summed E-state index contributed by atoms with van der Waals surface area (Å²) in [6.07, 6.45) is 2.06. The SMILES string of the molecule is CNS(=O)(=O)c1cc(/C=C/C(=O)[O-])ccc1OC. The van der Waals surface area contributed by atoms with E-state index in [1.165, 1.54) is 38.4 Å². The molecule has 0 aliphatic rings. The molecule has 0 amide bonds. The van der Waals surface area contributed by atoms with Crippen LogP contribution < -0.4 is 14.6 Å². The Balaban J connectivity index is 3.31. The summed E-state index contributed by atoms with van der Waals surface area (Å²) in [6.45, 7) is 0. The summed E-state index contributed by atoms with van der Waals surface area (Å²) in [5.74, 6) is -1.18. The van der Waals surface area contributed by atoms with Crippen molar-refractivity contribution >= 4 is 22.1 Å². The Morgan fingerprint density at radius 2 is 2.11 bits per heavy atom. The molecule has 0 radical (unpaired) electrons. The maximum atomic E-state index is 11.7. The Morgan fingerprint density at radius 3 is 2.61 bits per heavy atom. The lowest BCUT2D eigenvalue weighted by Crippen LogP contribution is -2.19. The first-order valence-corrected chi connectivity index (χ1v) is 6.39. The van der Waals surface area contributed by atoms with Gasteiger partial charge in [-0.05, 0) is 30.8 Å². The lowest BCUT2D eigenvalue weighted by Gasteiger charge is -2.09. The molecule has 0 aliphatic heterocycles. The fourth-order valence-corrected chi connectivity index (χ4v) is 2.21. The van der Waals surface area contributed by atoms with Crippen molar-refractivity contribution in [2.75, 3.05) is 14.2 Å². The highest BCUT2D eigenvalue weighted by atomic mass is 32.2. The number of hydrogen-bond acceptors (Lipinski definition) is 5. The third-order valence-corrected chi connectivity index (χ3v) is 3.59. The summed E-state index contributed by atoms with van der Waals surface area (Å²) in [7, 11) is -1.05. The van der Waals surface area contributed by atoms with Crippen LogP contribution >= 0.6 is 0 Å². The second-order valence-corrected chi connectivity index (χ2v) is 5.13. The number of benzene rings is 1. The van der Waals surface area contributed by atoms with Crippen molar-refractivity contribution in [2.24, 2.45) is 0 Å². The van der Waals surface area contributed by atoms with Crippen LogP contribution in [0.4, 0.5) is 0 Å². The standard InChI is InChI=1S/C11H13NO5S/c1-12-18(15,16)10-7-8(4-6-11(13)14)3-5-9(10)17-2/h3-7,12H,1-2H3,(H,13,14)/p-1/b6-4+. The minimum absolute atomic E-state index is 0.0620. The second-order valence-electron chi connectivity index (χ2n) is 3.27. The molecule has 98 valence electrons. The van der Waals surface area contributed by atoms with Crippen LogP contribution in [0.25, 0.3) is 6.08 Å². The number of sulfonamides is 1. The van der Waals surface area contributed by atoms with Gasteiger partial charge in [0.2, 0.25) is 10.0 Å². The third kappa shape index (κ3) is 3.31. The first-order chi connectivity index (χ1) is 8.40. The maximum Gasteiger partial charge on any atom is 0.244 e. The summed E-state index contributed by atoms with van der Waals surface area (Å²) in [5.41, 5.74) is 0.411. The predicted molar refractivity (Wildman–Crippen MR) is 63.3 cm³/mol. The Morgan fingerprint density at radius 1 is 1.44 bits per heavy atom. The molecule has 0 aliphatic carbocycles. The molecule has 18 heavy (non-hydrogen) atoms. The minimum atomic E-state index is -3.67. The summed E-state index contributed by atoms with van der Waals surface area (Å²) in [6, 6.07) is 4.29. The molecule has 1 N–H and O–H groups in total. The van der Waals surface area contributed by atoms with Crippen molar-refractivity contribution in [1.82, 2.24) is 4.72 Å². The molecule has 0 saturated carbocycles. The number of rotatable bonds is 5. The van der Waals surface area contributed by atoms with Gasteiger partial charge in [-0.3, -0.25) is 0 Å². The molecule has 1 rings (SSSR count). The fraction of sp³-hybridized carbons (Fsp3) is 0.182. The van der Waals surface area contributed by atoms with Gasteiger partial charge in [0.05, 0.1) is 13.1 Å². The van der Waals surface area contributed by atoms with E-state index in [4.69, 9.17) is 4.74 Å². The molecular weight excluding hydrogens is 258 g/mol.